The molecule has 9 heteroatoms. The maximum absolute atomic E-state index is 11.6. The number of hydroxylamine groups is 2. The van der Waals surface area contributed by atoms with Gasteiger partial charge in [0.2, 0.25) is 9.84 Å². The molecule has 0 saturated heterocycles. The van der Waals surface area contributed by atoms with E-state index >= 15 is 0 Å². The van der Waals surface area contributed by atoms with E-state index in [1.165, 1.54) is 10.8 Å². The van der Waals surface area contributed by atoms with E-state index in [9.17, 15) is 8.42 Å². The Balaban J connectivity index is 2.29. The zero-order valence-corrected chi connectivity index (χ0v) is 8.46. The van der Waals surface area contributed by atoms with E-state index in [0.29, 0.717) is 0 Å². The van der Waals surface area contributed by atoms with Crippen molar-refractivity contribution in [2.45, 2.75) is 0 Å². The second-order valence-corrected chi connectivity index (χ2v) is 5.11. The predicted octanol–water partition coefficient (Wildman–Crippen LogP) is 0.365. The lowest BCUT2D eigenvalue weighted by atomic mass is 11.0. The molecule has 0 atom stereocenters. The fourth-order valence-corrected chi connectivity index (χ4v) is 3.21. The highest BCUT2D eigenvalue weighted by molar-refractivity contribution is 8.04. The van der Waals surface area contributed by atoms with Gasteiger partial charge in [0.1, 0.15) is 0 Å². The molecule has 2 aliphatic heterocycles. The van der Waals surface area contributed by atoms with Crippen LogP contribution in [0.15, 0.2) is 20.9 Å². The quantitative estimate of drug-likeness (QED) is 0.670. The van der Waals surface area contributed by atoms with Crippen LogP contribution in [0.4, 0.5) is 0 Å². The normalized spacial score (nSPS) is 21.8. The van der Waals surface area contributed by atoms with Crippen LogP contribution in [0.3, 0.4) is 0 Å². The molecule has 0 fully saturated rings. The lowest BCUT2D eigenvalue weighted by molar-refractivity contribution is 0.293. The van der Waals surface area contributed by atoms with Gasteiger partial charge in [0.15, 0.2) is 10.1 Å². The Labute approximate surface area is 83.0 Å². The average Bonchev–Trinajstić information content (AvgIpc) is 2.78. The number of hydrogen-bond acceptors (Lipinski definition) is 8. The van der Waals surface area contributed by atoms with Gasteiger partial charge in [-0.25, -0.2) is 19.4 Å². The highest BCUT2D eigenvalue weighted by Crippen LogP contribution is 2.27. The molecule has 2 rings (SSSR count). The monoisotopic (exact) mass is 240 g/mol. The highest BCUT2D eigenvalue weighted by atomic mass is 32.2. The van der Waals surface area contributed by atoms with Crippen LogP contribution in [0.5, 0.6) is 0 Å². The van der Waals surface area contributed by atoms with Gasteiger partial charge in [-0.05, 0) is 0 Å². The van der Waals surface area contributed by atoms with E-state index in [0.717, 1.165) is 24.1 Å². The van der Waals surface area contributed by atoms with Crippen molar-refractivity contribution in [3.8, 4) is 0 Å². The first-order chi connectivity index (χ1) is 6.21. The average molecular weight is 240 g/mol. The van der Waals surface area contributed by atoms with Crippen LogP contribution in [0, 0.1) is 0 Å². The third-order valence-corrected chi connectivity index (χ3v) is 4.15. The molecule has 0 radical (unpaired) electrons. The minimum absolute atomic E-state index is 0.00218. The van der Waals surface area contributed by atoms with Gasteiger partial charge in [-0.15, -0.1) is 0 Å². The Morgan fingerprint density at radius 2 is 1.54 bits per heavy atom. The first-order valence-electron chi connectivity index (χ1n) is 3.03. The first-order valence-corrected chi connectivity index (χ1v) is 6.12. The zero-order valence-electron chi connectivity index (χ0n) is 6.01. The molecule has 2 aliphatic rings. The Hall–Kier alpha value is -0.350. The molecule has 0 aromatic heterocycles. The first kappa shape index (κ1) is 9.21. The largest absolute Gasteiger partial charge is 0.241 e. The molecule has 13 heavy (non-hydrogen) atoms. The minimum Gasteiger partial charge on any atom is -0.241 e. The summed E-state index contributed by atoms with van der Waals surface area (Å²) in [6.45, 7) is 0. The van der Waals surface area contributed by atoms with Crippen molar-refractivity contribution < 1.29 is 17.0 Å². The molecule has 6 nitrogen and oxygen atoms in total. The lowest BCUT2D eigenvalue weighted by Crippen LogP contribution is -2.22. The van der Waals surface area contributed by atoms with E-state index in [1.807, 2.05) is 0 Å². The van der Waals surface area contributed by atoms with Crippen molar-refractivity contribution in [2.24, 2.45) is 0 Å². The summed E-state index contributed by atoms with van der Waals surface area (Å²) in [5, 5.41) is 2.73. The number of sulfone groups is 1. The van der Waals surface area contributed by atoms with Crippen LogP contribution in [0.25, 0.3) is 0 Å². The zero-order chi connectivity index (χ0) is 9.31. The van der Waals surface area contributed by atoms with Crippen LogP contribution >= 0.6 is 24.1 Å². The molecular formula is C4H4N2O4S3. The van der Waals surface area contributed by atoms with Crippen LogP contribution in [0.2, 0.25) is 0 Å². The molecule has 0 spiro atoms. The summed E-state index contributed by atoms with van der Waals surface area (Å²) in [4.78, 5) is 0. The van der Waals surface area contributed by atoms with E-state index in [2.05, 4.69) is 19.5 Å². The van der Waals surface area contributed by atoms with E-state index in [4.69, 9.17) is 0 Å². The van der Waals surface area contributed by atoms with Gasteiger partial charge >= 0.3 is 0 Å². The summed E-state index contributed by atoms with van der Waals surface area (Å²) < 4.78 is 32.4. The van der Waals surface area contributed by atoms with Gasteiger partial charge in [-0.3, -0.25) is 0 Å². The molecule has 0 bridgehead atoms. The molecule has 0 amide bonds. The standard InChI is InChI=1S/C4H4N2O4S3/c7-13(8,3-1-11-9-5-3)4-2-12-10-6-4/h1-2,5-6H. The Kier molecular flexibility index (Phi) is 2.43. The molecule has 0 aromatic rings. The summed E-state index contributed by atoms with van der Waals surface area (Å²) >= 11 is 1.83. The van der Waals surface area contributed by atoms with Gasteiger partial charge in [0, 0.05) is 10.8 Å². The minimum atomic E-state index is -3.53. The Bertz CT molecular complexity index is 343. The fourth-order valence-electron chi connectivity index (χ4n) is 0.669. The van der Waals surface area contributed by atoms with Crippen molar-refractivity contribution in [1.82, 2.24) is 11.0 Å². The van der Waals surface area contributed by atoms with Crippen LogP contribution in [-0.2, 0) is 18.4 Å². The van der Waals surface area contributed by atoms with Crippen molar-refractivity contribution in [2.75, 3.05) is 0 Å². The Morgan fingerprint density at radius 1 is 1.08 bits per heavy atom. The maximum atomic E-state index is 11.6. The van der Waals surface area contributed by atoms with E-state index in [-0.39, 0.29) is 10.1 Å². The number of rotatable bonds is 2. The molecule has 0 aliphatic carbocycles. The van der Waals surface area contributed by atoms with Crippen molar-refractivity contribution in [3.63, 3.8) is 0 Å². The van der Waals surface area contributed by atoms with Crippen molar-refractivity contribution in [3.05, 3.63) is 20.9 Å². The summed E-state index contributed by atoms with van der Waals surface area (Å²) in [7, 11) is -3.53. The molecule has 0 aromatic carbocycles. The highest BCUT2D eigenvalue weighted by Gasteiger charge is 2.29. The van der Waals surface area contributed by atoms with Gasteiger partial charge in [-0.1, -0.05) is 0 Å². The molecule has 72 valence electrons. The van der Waals surface area contributed by atoms with Crippen LogP contribution < -0.4 is 11.0 Å². The maximum Gasteiger partial charge on any atom is 0.241 e. The number of hydrogen-bond donors (Lipinski definition) is 2. The topological polar surface area (TPSA) is 76.7 Å². The smallest absolute Gasteiger partial charge is 0.241 e. The molecule has 0 unspecified atom stereocenters. The van der Waals surface area contributed by atoms with Crippen molar-refractivity contribution in [1.29, 1.82) is 0 Å². The summed E-state index contributed by atoms with van der Waals surface area (Å²) in [5.74, 6) is 0. The summed E-state index contributed by atoms with van der Waals surface area (Å²) in [6.07, 6.45) is 0. The third kappa shape index (κ3) is 1.65. The molecular weight excluding hydrogens is 236 g/mol. The summed E-state index contributed by atoms with van der Waals surface area (Å²) in [6, 6.07) is 0. The van der Waals surface area contributed by atoms with Gasteiger partial charge < -0.3 is 0 Å². The van der Waals surface area contributed by atoms with Gasteiger partial charge in [-0.2, -0.15) is 8.57 Å². The Morgan fingerprint density at radius 3 is 1.85 bits per heavy atom. The lowest BCUT2D eigenvalue weighted by Gasteiger charge is -2.04. The van der Waals surface area contributed by atoms with Crippen molar-refractivity contribution >= 4 is 33.9 Å². The van der Waals surface area contributed by atoms with Gasteiger partial charge in [0.05, 0.1) is 24.1 Å². The van der Waals surface area contributed by atoms with E-state index < -0.39 is 9.84 Å². The summed E-state index contributed by atoms with van der Waals surface area (Å²) in [5.41, 5.74) is 4.53. The second kappa shape index (κ2) is 3.42. The van der Waals surface area contributed by atoms with Gasteiger partial charge in [0.25, 0.3) is 0 Å². The van der Waals surface area contributed by atoms with Crippen LogP contribution in [-0.4, -0.2) is 8.42 Å². The predicted molar refractivity (Wildman–Crippen MR) is 48.7 cm³/mol. The molecule has 0 saturated carbocycles. The second-order valence-electron chi connectivity index (χ2n) is 2.03. The fraction of sp³-hybridized carbons (Fsp3) is 0. The molecule has 2 heterocycles. The van der Waals surface area contributed by atoms with E-state index in [1.54, 1.807) is 0 Å². The molecule has 2 N–H and O–H groups in total. The third-order valence-electron chi connectivity index (χ3n) is 1.27. The number of nitrogens with one attached hydrogen (secondary N) is 2. The SMILES string of the molecule is O=S(=O)(C1=CSON1)C1=CSON1. The van der Waals surface area contributed by atoms with Crippen LogP contribution in [0.1, 0.15) is 0 Å².